The first-order chi connectivity index (χ1) is 9.56. The Bertz CT molecular complexity index is 594. The number of aromatic nitrogens is 2. The third-order valence-corrected chi connectivity index (χ3v) is 2.96. The number of rotatable bonds is 4. The lowest BCUT2D eigenvalue weighted by atomic mass is 10.1. The molecule has 20 heavy (non-hydrogen) atoms. The predicted octanol–water partition coefficient (Wildman–Crippen LogP) is 1.67. The van der Waals surface area contributed by atoms with Crippen LogP contribution in [0.5, 0.6) is 0 Å². The van der Waals surface area contributed by atoms with Gasteiger partial charge in [0, 0.05) is 18.2 Å². The van der Waals surface area contributed by atoms with Crippen LogP contribution in [0.25, 0.3) is 0 Å². The van der Waals surface area contributed by atoms with Gasteiger partial charge in [-0.15, -0.1) is 10.2 Å². The van der Waals surface area contributed by atoms with Crippen LogP contribution in [0.3, 0.4) is 0 Å². The molecule has 3 N–H and O–H groups in total. The number of benzene rings is 1. The van der Waals surface area contributed by atoms with Crippen molar-refractivity contribution in [3.05, 3.63) is 40.9 Å². The molecular formula is C11H10F2N4O2S. The smallest absolute Gasteiger partial charge is 0.321 e. The zero-order chi connectivity index (χ0) is 14.5. The summed E-state index contributed by atoms with van der Waals surface area (Å²) in [5.41, 5.74) is 1.35. The molecule has 0 fully saturated rings. The van der Waals surface area contributed by atoms with E-state index in [1.165, 1.54) is 5.51 Å². The number of carbonyl (C=O) groups excluding carboxylic acids is 1. The zero-order valence-corrected chi connectivity index (χ0v) is 10.8. The van der Waals surface area contributed by atoms with Crippen LogP contribution >= 0.6 is 11.3 Å². The van der Waals surface area contributed by atoms with Crippen LogP contribution in [0.2, 0.25) is 0 Å². The Morgan fingerprint density at radius 1 is 1.45 bits per heavy atom. The molecular weight excluding hydrogens is 290 g/mol. The minimum atomic E-state index is -1.28. The summed E-state index contributed by atoms with van der Waals surface area (Å²) in [5, 5.41) is 21.9. The van der Waals surface area contributed by atoms with E-state index < -0.39 is 23.8 Å². The highest BCUT2D eigenvalue weighted by Crippen LogP contribution is 2.17. The minimum absolute atomic E-state index is 0.0948. The van der Waals surface area contributed by atoms with Crippen molar-refractivity contribution < 1.29 is 18.7 Å². The molecule has 0 aliphatic rings. The summed E-state index contributed by atoms with van der Waals surface area (Å²) >= 11 is 1.13. The second kappa shape index (κ2) is 6.35. The van der Waals surface area contributed by atoms with Crippen LogP contribution in [-0.2, 0) is 0 Å². The maximum absolute atomic E-state index is 13.4. The average molecular weight is 300 g/mol. The molecule has 0 aliphatic carbocycles. The van der Waals surface area contributed by atoms with Gasteiger partial charge in [0.15, 0.2) is 0 Å². The molecule has 106 valence electrons. The number of aliphatic hydroxyl groups is 1. The van der Waals surface area contributed by atoms with E-state index in [-0.39, 0.29) is 12.1 Å². The minimum Gasteiger partial charge on any atom is -0.386 e. The third-order valence-electron chi connectivity index (χ3n) is 2.36. The number of urea groups is 1. The van der Waals surface area contributed by atoms with Crippen LogP contribution in [0.1, 0.15) is 11.7 Å². The quantitative estimate of drug-likeness (QED) is 0.801. The van der Waals surface area contributed by atoms with Crippen molar-refractivity contribution in [2.24, 2.45) is 0 Å². The van der Waals surface area contributed by atoms with E-state index in [1.54, 1.807) is 0 Å². The number of carbonyl (C=O) groups is 1. The molecule has 1 atom stereocenters. The molecule has 2 rings (SSSR count). The number of nitrogens with zero attached hydrogens (tertiary/aromatic N) is 2. The maximum Gasteiger partial charge on any atom is 0.321 e. The van der Waals surface area contributed by atoms with Gasteiger partial charge in [-0.1, -0.05) is 17.4 Å². The Hall–Kier alpha value is -2.13. The first kappa shape index (κ1) is 14.3. The van der Waals surface area contributed by atoms with Crippen LogP contribution in [0.4, 0.5) is 18.7 Å². The summed E-state index contributed by atoms with van der Waals surface area (Å²) in [6.45, 7) is -0.229. The zero-order valence-electron chi connectivity index (χ0n) is 10.0. The Morgan fingerprint density at radius 3 is 2.90 bits per heavy atom. The molecule has 6 nitrogen and oxygen atoms in total. The van der Waals surface area contributed by atoms with Gasteiger partial charge < -0.3 is 10.4 Å². The number of aliphatic hydroxyl groups excluding tert-OH is 1. The van der Waals surface area contributed by atoms with Crippen molar-refractivity contribution >= 4 is 22.5 Å². The molecule has 9 heteroatoms. The van der Waals surface area contributed by atoms with Crippen molar-refractivity contribution in [3.63, 3.8) is 0 Å². The van der Waals surface area contributed by atoms with Gasteiger partial charge in [-0.2, -0.15) is 0 Å². The molecule has 0 bridgehead atoms. The van der Waals surface area contributed by atoms with Crippen molar-refractivity contribution in [1.82, 2.24) is 15.5 Å². The van der Waals surface area contributed by atoms with Gasteiger partial charge in [0.25, 0.3) is 0 Å². The molecule has 0 unspecified atom stereocenters. The van der Waals surface area contributed by atoms with Gasteiger partial charge in [0.2, 0.25) is 5.13 Å². The first-order valence-corrected chi connectivity index (χ1v) is 6.38. The fourth-order valence-electron chi connectivity index (χ4n) is 1.44. The Kier molecular flexibility index (Phi) is 4.53. The van der Waals surface area contributed by atoms with Gasteiger partial charge in [-0.3, -0.25) is 5.32 Å². The summed E-state index contributed by atoms with van der Waals surface area (Å²) in [5.74, 6) is -1.61. The number of anilines is 1. The third kappa shape index (κ3) is 3.68. The summed E-state index contributed by atoms with van der Waals surface area (Å²) in [4.78, 5) is 11.4. The van der Waals surface area contributed by atoms with E-state index in [1.807, 2.05) is 0 Å². The van der Waals surface area contributed by atoms with Crippen LogP contribution in [0.15, 0.2) is 23.7 Å². The van der Waals surface area contributed by atoms with Gasteiger partial charge in [0.1, 0.15) is 17.1 Å². The van der Waals surface area contributed by atoms with Gasteiger partial charge in [-0.25, -0.2) is 13.6 Å². The van der Waals surface area contributed by atoms with E-state index >= 15 is 0 Å². The summed E-state index contributed by atoms with van der Waals surface area (Å²) < 4.78 is 26.1. The highest BCUT2D eigenvalue weighted by atomic mass is 32.1. The topological polar surface area (TPSA) is 87.1 Å². The fourth-order valence-corrected chi connectivity index (χ4v) is 1.88. The van der Waals surface area contributed by atoms with Gasteiger partial charge in [-0.05, 0) is 6.07 Å². The SMILES string of the molecule is O=C(NC[C@H](O)c1ccc(F)cc1F)Nc1nncs1. The molecule has 0 spiro atoms. The van der Waals surface area contributed by atoms with E-state index in [0.29, 0.717) is 11.2 Å². The predicted molar refractivity (Wildman–Crippen MR) is 68.2 cm³/mol. The molecule has 1 aromatic heterocycles. The Balaban J connectivity index is 1.88. The second-order valence-electron chi connectivity index (χ2n) is 3.76. The van der Waals surface area contributed by atoms with Crippen molar-refractivity contribution in [2.75, 3.05) is 11.9 Å². The lowest BCUT2D eigenvalue weighted by Gasteiger charge is -2.13. The lowest BCUT2D eigenvalue weighted by Crippen LogP contribution is -2.32. The van der Waals surface area contributed by atoms with Crippen LogP contribution < -0.4 is 10.6 Å². The van der Waals surface area contributed by atoms with Gasteiger partial charge >= 0.3 is 6.03 Å². The molecule has 2 aromatic rings. The van der Waals surface area contributed by atoms with Crippen molar-refractivity contribution in [3.8, 4) is 0 Å². The summed E-state index contributed by atoms with van der Waals surface area (Å²) in [6, 6.07) is 2.21. The lowest BCUT2D eigenvalue weighted by molar-refractivity contribution is 0.170. The standard InChI is InChI=1S/C11H10F2N4O2S/c12-6-1-2-7(8(13)3-6)9(18)4-14-10(19)16-11-17-15-5-20-11/h1-3,5,9,18H,4H2,(H2,14,16,17,19)/t9-/m0/s1. The maximum atomic E-state index is 13.4. The number of halogens is 2. The molecule has 1 aromatic carbocycles. The number of amides is 2. The highest BCUT2D eigenvalue weighted by molar-refractivity contribution is 7.13. The largest absolute Gasteiger partial charge is 0.386 e. The Labute approximate surface area is 116 Å². The highest BCUT2D eigenvalue weighted by Gasteiger charge is 2.14. The van der Waals surface area contributed by atoms with E-state index in [2.05, 4.69) is 20.8 Å². The second-order valence-corrected chi connectivity index (χ2v) is 4.59. The van der Waals surface area contributed by atoms with E-state index in [4.69, 9.17) is 0 Å². The van der Waals surface area contributed by atoms with Crippen LogP contribution in [-0.4, -0.2) is 27.9 Å². The summed E-state index contributed by atoms with van der Waals surface area (Å²) in [7, 11) is 0. The molecule has 1 heterocycles. The molecule has 2 amide bonds. The first-order valence-electron chi connectivity index (χ1n) is 5.50. The fraction of sp³-hybridized carbons (Fsp3) is 0.182. The van der Waals surface area contributed by atoms with Crippen molar-refractivity contribution in [1.29, 1.82) is 0 Å². The normalized spacial score (nSPS) is 11.9. The monoisotopic (exact) mass is 300 g/mol. The number of hydrogen-bond donors (Lipinski definition) is 3. The van der Waals surface area contributed by atoms with Crippen molar-refractivity contribution in [2.45, 2.75) is 6.10 Å². The summed E-state index contributed by atoms with van der Waals surface area (Å²) in [6.07, 6.45) is -1.28. The molecule has 0 saturated carbocycles. The van der Waals surface area contributed by atoms with Crippen LogP contribution in [0, 0.1) is 11.6 Å². The number of nitrogens with one attached hydrogen (secondary N) is 2. The van der Waals surface area contributed by atoms with E-state index in [9.17, 15) is 18.7 Å². The Morgan fingerprint density at radius 2 is 2.25 bits per heavy atom. The van der Waals surface area contributed by atoms with Gasteiger partial charge in [0.05, 0.1) is 6.10 Å². The molecule has 0 aliphatic heterocycles. The molecule has 0 radical (unpaired) electrons. The van der Waals surface area contributed by atoms with E-state index in [0.717, 1.165) is 23.5 Å². The number of hydrogen-bond acceptors (Lipinski definition) is 5. The average Bonchev–Trinajstić information content (AvgIpc) is 2.89. The molecule has 0 saturated heterocycles.